The molecule has 0 aromatic heterocycles. The van der Waals surface area contributed by atoms with E-state index in [2.05, 4.69) is 4.90 Å². The Labute approximate surface area is 137 Å². The quantitative estimate of drug-likeness (QED) is 0.797. The molecule has 1 fully saturated rings. The molecule has 1 saturated heterocycles. The van der Waals surface area contributed by atoms with Crippen molar-refractivity contribution in [3.8, 4) is 5.75 Å². The standard InChI is InChI=1S/C15H23N3O4S/c1-16-7-9-18(10-8-16)15(19)13-11-12(5-6-14(13)22-3)17(2)23(4,20)21/h5-6,11H,7-10H2,1-4H3. The molecule has 1 heterocycles. The predicted octanol–water partition coefficient (Wildman–Crippen LogP) is 0.479. The minimum Gasteiger partial charge on any atom is -0.496 e. The van der Waals surface area contributed by atoms with Gasteiger partial charge in [-0.3, -0.25) is 9.10 Å². The van der Waals surface area contributed by atoms with Crippen molar-refractivity contribution in [2.75, 3.05) is 57.9 Å². The number of piperazine rings is 1. The summed E-state index contributed by atoms with van der Waals surface area (Å²) in [6.07, 6.45) is 1.12. The molecule has 0 atom stereocenters. The number of carbonyl (C=O) groups excluding carboxylic acids is 1. The van der Waals surface area contributed by atoms with Gasteiger partial charge in [0.05, 0.1) is 24.6 Å². The summed E-state index contributed by atoms with van der Waals surface area (Å²) in [6.45, 7) is 2.92. The number of benzene rings is 1. The molecule has 128 valence electrons. The Kier molecular flexibility index (Phi) is 5.16. The van der Waals surface area contributed by atoms with Crippen LogP contribution in [0.5, 0.6) is 5.75 Å². The highest BCUT2D eigenvalue weighted by molar-refractivity contribution is 7.92. The minimum atomic E-state index is -3.39. The van der Waals surface area contributed by atoms with E-state index in [9.17, 15) is 13.2 Å². The van der Waals surface area contributed by atoms with Crippen LogP contribution in [0.1, 0.15) is 10.4 Å². The van der Waals surface area contributed by atoms with E-state index < -0.39 is 10.0 Å². The number of anilines is 1. The maximum atomic E-state index is 12.8. The molecule has 1 aliphatic heterocycles. The van der Waals surface area contributed by atoms with Crippen LogP contribution in [0, 0.1) is 0 Å². The fourth-order valence-electron chi connectivity index (χ4n) is 2.43. The molecule has 1 aromatic carbocycles. The number of sulfonamides is 1. The third kappa shape index (κ3) is 3.94. The molecule has 1 aromatic rings. The lowest BCUT2D eigenvalue weighted by atomic mass is 10.1. The molecule has 0 aliphatic carbocycles. The summed E-state index contributed by atoms with van der Waals surface area (Å²) in [7, 11) is 1.58. The largest absolute Gasteiger partial charge is 0.496 e. The van der Waals surface area contributed by atoms with E-state index in [1.165, 1.54) is 14.2 Å². The van der Waals surface area contributed by atoms with Crippen LogP contribution >= 0.6 is 0 Å². The Morgan fingerprint density at radius 1 is 1.22 bits per heavy atom. The van der Waals surface area contributed by atoms with Gasteiger partial charge < -0.3 is 14.5 Å². The fourth-order valence-corrected chi connectivity index (χ4v) is 2.93. The predicted molar refractivity (Wildman–Crippen MR) is 89.6 cm³/mol. The number of likely N-dealkylation sites (N-methyl/N-ethyl adjacent to an activating group) is 1. The summed E-state index contributed by atoms with van der Waals surface area (Å²) in [5, 5.41) is 0. The average molecular weight is 341 g/mol. The monoisotopic (exact) mass is 341 g/mol. The lowest BCUT2D eigenvalue weighted by Gasteiger charge is -2.32. The Morgan fingerprint density at radius 2 is 1.83 bits per heavy atom. The van der Waals surface area contributed by atoms with Crippen LogP contribution in [0.4, 0.5) is 5.69 Å². The van der Waals surface area contributed by atoms with Crippen LogP contribution in [0.2, 0.25) is 0 Å². The molecule has 0 saturated carbocycles. The van der Waals surface area contributed by atoms with E-state index >= 15 is 0 Å². The lowest BCUT2D eigenvalue weighted by molar-refractivity contribution is 0.0661. The third-order valence-corrected chi connectivity index (χ3v) is 5.27. The van der Waals surface area contributed by atoms with Crippen LogP contribution in [-0.4, -0.2) is 77.8 Å². The molecule has 0 spiro atoms. The normalized spacial score (nSPS) is 16.3. The van der Waals surface area contributed by atoms with Gasteiger partial charge in [-0.25, -0.2) is 8.42 Å². The van der Waals surface area contributed by atoms with E-state index in [0.29, 0.717) is 30.1 Å². The van der Waals surface area contributed by atoms with Crippen molar-refractivity contribution in [1.29, 1.82) is 0 Å². The minimum absolute atomic E-state index is 0.140. The average Bonchev–Trinajstić information content (AvgIpc) is 2.52. The van der Waals surface area contributed by atoms with Crippen LogP contribution in [-0.2, 0) is 10.0 Å². The summed E-state index contributed by atoms with van der Waals surface area (Å²) in [4.78, 5) is 16.7. The first-order valence-corrected chi connectivity index (χ1v) is 9.18. The Bertz CT molecular complexity index is 682. The second-order valence-corrected chi connectivity index (χ2v) is 7.72. The smallest absolute Gasteiger partial charge is 0.257 e. The van der Waals surface area contributed by atoms with E-state index in [4.69, 9.17) is 4.74 Å². The Balaban J connectivity index is 2.34. The van der Waals surface area contributed by atoms with E-state index in [1.807, 2.05) is 7.05 Å². The molecular formula is C15H23N3O4S. The number of nitrogens with zero attached hydrogens (tertiary/aromatic N) is 3. The van der Waals surface area contributed by atoms with Crippen LogP contribution in [0.3, 0.4) is 0 Å². The zero-order chi connectivity index (χ0) is 17.2. The maximum Gasteiger partial charge on any atom is 0.257 e. The van der Waals surface area contributed by atoms with Gasteiger partial charge in [-0.15, -0.1) is 0 Å². The zero-order valence-electron chi connectivity index (χ0n) is 13.9. The van der Waals surface area contributed by atoms with Crippen LogP contribution in [0.25, 0.3) is 0 Å². The molecule has 0 bridgehead atoms. The summed E-state index contributed by atoms with van der Waals surface area (Å²) in [6, 6.07) is 4.82. The number of methoxy groups -OCH3 is 1. The summed E-state index contributed by atoms with van der Waals surface area (Å²) >= 11 is 0. The number of carbonyl (C=O) groups is 1. The van der Waals surface area contributed by atoms with Crippen molar-refractivity contribution in [3.63, 3.8) is 0 Å². The first-order valence-electron chi connectivity index (χ1n) is 7.34. The summed E-state index contributed by atoms with van der Waals surface area (Å²) in [5.41, 5.74) is 0.816. The molecule has 0 radical (unpaired) electrons. The van der Waals surface area contributed by atoms with Crippen molar-refractivity contribution >= 4 is 21.6 Å². The first-order chi connectivity index (χ1) is 10.7. The molecule has 7 nitrogen and oxygen atoms in total. The van der Waals surface area contributed by atoms with Gasteiger partial charge in [-0.05, 0) is 25.2 Å². The molecule has 1 amide bonds. The molecule has 0 unspecified atom stereocenters. The third-order valence-electron chi connectivity index (χ3n) is 4.07. The molecule has 8 heteroatoms. The SMILES string of the molecule is COc1ccc(N(C)S(C)(=O)=O)cc1C(=O)N1CCN(C)CC1. The molecule has 2 rings (SSSR count). The van der Waals surface area contributed by atoms with Crippen molar-refractivity contribution in [3.05, 3.63) is 23.8 Å². The second kappa shape index (κ2) is 6.76. The lowest BCUT2D eigenvalue weighted by Crippen LogP contribution is -2.47. The molecular weight excluding hydrogens is 318 g/mol. The molecule has 0 N–H and O–H groups in total. The van der Waals surface area contributed by atoms with Gasteiger partial charge in [0, 0.05) is 33.2 Å². The van der Waals surface area contributed by atoms with Gasteiger partial charge >= 0.3 is 0 Å². The van der Waals surface area contributed by atoms with E-state index in [-0.39, 0.29) is 5.91 Å². The summed E-state index contributed by atoms with van der Waals surface area (Å²) in [5.74, 6) is 0.304. The van der Waals surface area contributed by atoms with Crippen molar-refractivity contribution in [1.82, 2.24) is 9.80 Å². The van der Waals surface area contributed by atoms with Crippen LogP contribution < -0.4 is 9.04 Å². The highest BCUT2D eigenvalue weighted by Crippen LogP contribution is 2.27. The van der Waals surface area contributed by atoms with Crippen molar-refractivity contribution < 1.29 is 17.9 Å². The van der Waals surface area contributed by atoms with Gasteiger partial charge in [0.15, 0.2) is 0 Å². The zero-order valence-corrected chi connectivity index (χ0v) is 14.8. The van der Waals surface area contributed by atoms with Crippen molar-refractivity contribution in [2.45, 2.75) is 0 Å². The highest BCUT2D eigenvalue weighted by Gasteiger charge is 2.24. The highest BCUT2D eigenvalue weighted by atomic mass is 32.2. The Morgan fingerprint density at radius 3 is 2.35 bits per heavy atom. The number of amides is 1. The van der Waals surface area contributed by atoms with Gasteiger partial charge in [-0.1, -0.05) is 0 Å². The Hall–Kier alpha value is -1.80. The second-order valence-electron chi connectivity index (χ2n) is 5.71. The number of rotatable bonds is 4. The van der Waals surface area contributed by atoms with E-state index in [0.717, 1.165) is 23.7 Å². The van der Waals surface area contributed by atoms with Gasteiger partial charge in [0.2, 0.25) is 10.0 Å². The van der Waals surface area contributed by atoms with Crippen molar-refractivity contribution in [2.24, 2.45) is 0 Å². The number of hydrogen-bond acceptors (Lipinski definition) is 5. The molecule has 1 aliphatic rings. The van der Waals surface area contributed by atoms with Crippen LogP contribution in [0.15, 0.2) is 18.2 Å². The summed E-state index contributed by atoms with van der Waals surface area (Å²) < 4.78 is 29.8. The maximum absolute atomic E-state index is 12.8. The number of hydrogen-bond donors (Lipinski definition) is 0. The van der Waals surface area contributed by atoms with Gasteiger partial charge in [-0.2, -0.15) is 0 Å². The van der Waals surface area contributed by atoms with E-state index in [1.54, 1.807) is 23.1 Å². The topological polar surface area (TPSA) is 70.2 Å². The van der Waals surface area contributed by atoms with Gasteiger partial charge in [0.25, 0.3) is 5.91 Å². The fraction of sp³-hybridized carbons (Fsp3) is 0.533. The van der Waals surface area contributed by atoms with Gasteiger partial charge in [0.1, 0.15) is 5.75 Å². The number of ether oxygens (including phenoxy) is 1. The first kappa shape index (κ1) is 17.6. The molecule has 23 heavy (non-hydrogen) atoms.